The number of nitro benzene ring substituents is 1. The van der Waals surface area contributed by atoms with Gasteiger partial charge in [-0.25, -0.2) is 4.79 Å². The Morgan fingerprint density at radius 3 is 2.46 bits per heavy atom. The van der Waals surface area contributed by atoms with Crippen LogP contribution in [0.2, 0.25) is 0 Å². The predicted molar refractivity (Wildman–Crippen MR) is 97.3 cm³/mol. The first kappa shape index (κ1) is 19.7. The minimum Gasteiger partial charge on any atom is -0.452 e. The molecule has 1 aromatic rings. The van der Waals surface area contributed by atoms with E-state index in [0.29, 0.717) is 5.69 Å². The van der Waals surface area contributed by atoms with E-state index < -0.39 is 28.9 Å². The van der Waals surface area contributed by atoms with E-state index in [-0.39, 0.29) is 11.3 Å². The molecule has 1 fully saturated rings. The molecular formula is C18H25N3O5. The Morgan fingerprint density at radius 2 is 1.88 bits per heavy atom. The van der Waals surface area contributed by atoms with E-state index in [4.69, 9.17) is 4.74 Å². The van der Waals surface area contributed by atoms with Gasteiger partial charge < -0.3 is 15.0 Å². The van der Waals surface area contributed by atoms with Crippen LogP contribution in [0.3, 0.4) is 0 Å². The van der Waals surface area contributed by atoms with Crippen molar-refractivity contribution in [2.45, 2.75) is 45.6 Å². The number of esters is 1. The molecule has 0 atom stereocenters. The topological polar surface area (TPSA) is 102 Å². The van der Waals surface area contributed by atoms with Gasteiger partial charge in [0.05, 0.1) is 10.5 Å². The third-order valence-corrected chi connectivity index (χ3v) is 3.95. The SMILES string of the molecule is CC(C)(C)NC(=O)COC(=O)c1ccc(N2CCCCC2)c([N+](=O)[O-])c1. The predicted octanol–water partition coefficient (Wildman–Crippen LogP) is 2.66. The number of piperidine rings is 1. The number of amides is 1. The van der Waals surface area contributed by atoms with Crippen LogP contribution in [0.1, 0.15) is 50.4 Å². The zero-order valence-corrected chi connectivity index (χ0v) is 15.4. The van der Waals surface area contributed by atoms with Crippen LogP contribution in [0.15, 0.2) is 18.2 Å². The third kappa shape index (κ3) is 5.44. The fourth-order valence-electron chi connectivity index (χ4n) is 2.87. The van der Waals surface area contributed by atoms with Crippen LogP contribution < -0.4 is 10.2 Å². The third-order valence-electron chi connectivity index (χ3n) is 3.95. The summed E-state index contributed by atoms with van der Waals surface area (Å²) >= 11 is 0. The van der Waals surface area contributed by atoms with E-state index in [1.807, 2.05) is 25.7 Å². The molecule has 1 heterocycles. The van der Waals surface area contributed by atoms with Gasteiger partial charge in [0.2, 0.25) is 0 Å². The van der Waals surface area contributed by atoms with Gasteiger partial charge in [0.25, 0.3) is 11.6 Å². The smallest absolute Gasteiger partial charge is 0.338 e. The molecule has 1 N–H and O–H groups in total. The number of nitro groups is 1. The van der Waals surface area contributed by atoms with Gasteiger partial charge in [-0.15, -0.1) is 0 Å². The van der Waals surface area contributed by atoms with E-state index in [0.717, 1.165) is 32.4 Å². The summed E-state index contributed by atoms with van der Waals surface area (Å²) < 4.78 is 4.97. The minimum absolute atomic E-state index is 0.0565. The van der Waals surface area contributed by atoms with E-state index >= 15 is 0 Å². The maximum atomic E-state index is 12.1. The molecule has 8 heteroatoms. The van der Waals surface area contributed by atoms with Gasteiger partial charge in [-0.2, -0.15) is 0 Å². The molecule has 0 radical (unpaired) electrons. The van der Waals surface area contributed by atoms with Gasteiger partial charge >= 0.3 is 5.97 Å². The second kappa shape index (κ2) is 8.16. The van der Waals surface area contributed by atoms with Crippen LogP contribution in [-0.2, 0) is 9.53 Å². The van der Waals surface area contributed by atoms with Crippen molar-refractivity contribution in [1.29, 1.82) is 0 Å². The standard InChI is InChI=1S/C18H25N3O5/c1-18(2,3)19-16(22)12-26-17(23)13-7-8-14(15(11-13)21(24)25)20-9-5-4-6-10-20/h7-8,11H,4-6,9-10,12H2,1-3H3,(H,19,22). The number of nitrogens with one attached hydrogen (secondary N) is 1. The Bertz CT molecular complexity index is 691. The number of carbonyl (C=O) groups is 2. The molecule has 142 valence electrons. The Balaban J connectivity index is 2.09. The maximum Gasteiger partial charge on any atom is 0.338 e. The van der Waals surface area contributed by atoms with Crippen molar-refractivity contribution in [3.8, 4) is 0 Å². The van der Waals surface area contributed by atoms with Crippen molar-refractivity contribution in [2.75, 3.05) is 24.6 Å². The van der Waals surface area contributed by atoms with Gasteiger partial charge in [-0.3, -0.25) is 14.9 Å². The maximum absolute atomic E-state index is 12.1. The Hall–Kier alpha value is -2.64. The lowest BCUT2D eigenvalue weighted by Crippen LogP contribution is -2.42. The Kier molecular flexibility index (Phi) is 6.18. The van der Waals surface area contributed by atoms with Crippen LogP contribution >= 0.6 is 0 Å². The molecule has 0 aliphatic carbocycles. The molecule has 1 amide bonds. The molecule has 0 unspecified atom stereocenters. The van der Waals surface area contributed by atoms with Crippen molar-refractivity contribution in [1.82, 2.24) is 5.32 Å². The summed E-state index contributed by atoms with van der Waals surface area (Å²) in [5.41, 5.74) is 0.0106. The fraction of sp³-hybridized carbons (Fsp3) is 0.556. The molecule has 0 aromatic heterocycles. The molecule has 1 aliphatic rings. The zero-order chi connectivity index (χ0) is 19.3. The summed E-state index contributed by atoms with van der Waals surface area (Å²) in [5, 5.41) is 14.1. The first-order valence-electron chi connectivity index (χ1n) is 8.69. The molecule has 0 spiro atoms. The zero-order valence-electron chi connectivity index (χ0n) is 15.4. The van der Waals surface area contributed by atoms with Crippen molar-refractivity contribution in [3.63, 3.8) is 0 Å². The second-order valence-electron chi connectivity index (χ2n) is 7.38. The number of carbonyl (C=O) groups excluding carboxylic acids is 2. The first-order chi connectivity index (χ1) is 12.2. The van der Waals surface area contributed by atoms with Crippen molar-refractivity contribution in [2.24, 2.45) is 0 Å². The lowest BCUT2D eigenvalue weighted by Gasteiger charge is -2.28. The Morgan fingerprint density at radius 1 is 1.23 bits per heavy atom. The highest BCUT2D eigenvalue weighted by molar-refractivity contribution is 5.93. The summed E-state index contributed by atoms with van der Waals surface area (Å²) in [6.07, 6.45) is 3.10. The van der Waals surface area contributed by atoms with Crippen molar-refractivity contribution >= 4 is 23.3 Å². The van der Waals surface area contributed by atoms with Crippen LogP contribution in [0.5, 0.6) is 0 Å². The minimum atomic E-state index is -0.762. The van der Waals surface area contributed by atoms with E-state index in [1.165, 1.54) is 12.1 Å². The summed E-state index contributed by atoms with van der Waals surface area (Å²) in [7, 11) is 0. The highest BCUT2D eigenvalue weighted by atomic mass is 16.6. The van der Waals surface area contributed by atoms with E-state index in [2.05, 4.69) is 5.32 Å². The summed E-state index contributed by atoms with van der Waals surface area (Å²) in [5.74, 6) is -1.19. The quantitative estimate of drug-likeness (QED) is 0.490. The van der Waals surface area contributed by atoms with Crippen LogP contribution in [0, 0.1) is 10.1 Å². The summed E-state index contributed by atoms with van der Waals surface area (Å²) in [4.78, 5) is 36.8. The molecule has 8 nitrogen and oxygen atoms in total. The number of hydrogen-bond donors (Lipinski definition) is 1. The van der Waals surface area contributed by atoms with Crippen molar-refractivity contribution < 1.29 is 19.2 Å². The van der Waals surface area contributed by atoms with Gasteiger partial charge in [-0.05, 0) is 52.2 Å². The molecule has 2 rings (SSSR count). The van der Waals surface area contributed by atoms with Crippen LogP contribution in [-0.4, -0.2) is 42.0 Å². The van der Waals surface area contributed by atoms with Crippen LogP contribution in [0.4, 0.5) is 11.4 Å². The number of rotatable bonds is 5. The normalized spacial score (nSPS) is 14.7. The summed E-state index contributed by atoms with van der Waals surface area (Å²) in [6, 6.07) is 4.30. The highest BCUT2D eigenvalue weighted by Crippen LogP contribution is 2.31. The number of ether oxygens (including phenoxy) is 1. The lowest BCUT2D eigenvalue weighted by molar-refractivity contribution is -0.384. The van der Waals surface area contributed by atoms with E-state index in [1.54, 1.807) is 6.07 Å². The van der Waals surface area contributed by atoms with Gasteiger partial charge in [0, 0.05) is 24.7 Å². The van der Waals surface area contributed by atoms with Crippen molar-refractivity contribution in [3.05, 3.63) is 33.9 Å². The first-order valence-corrected chi connectivity index (χ1v) is 8.69. The number of anilines is 1. The number of nitrogens with zero attached hydrogens (tertiary/aromatic N) is 2. The van der Waals surface area contributed by atoms with Crippen LogP contribution in [0.25, 0.3) is 0 Å². The monoisotopic (exact) mass is 363 g/mol. The molecule has 1 aromatic carbocycles. The highest BCUT2D eigenvalue weighted by Gasteiger charge is 2.24. The van der Waals surface area contributed by atoms with Gasteiger partial charge in [0.1, 0.15) is 5.69 Å². The number of benzene rings is 1. The lowest BCUT2D eigenvalue weighted by atomic mass is 10.1. The molecule has 0 bridgehead atoms. The average Bonchev–Trinajstić information content (AvgIpc) is 2.58. The fourth-order valence-corrected chi connectivity index (χ4v) is 2.87. The number of hydrogen-bond acceptors (Lipinski definition) is 6. The molecule has 0 saturated carbocycles. The summed E-state index contributed by atoms with van der Waals surface area (Å²) in [6.45, 7) is 6.53. The molecule has 1 aliphatic heterocycles. The molecule has 1 saturated heterocycles. The second-order valence-corrected chi connectivity index (χ2v) is 7.38. The Labute approximate surface area is 152 Å². The van der Waals surface area contributed by atoms with E-state index in [9.17, 15) is 19.7 Å². The average molecular weight is 363 g/mol. The molecular weight excluding hydrogens is 338 g/mol. The largest absolute Gasteiger partial charge is 0.452 e. The molecule has 26 heavy (non-hydrogen) atoms. The van der Waals surface area contributed by atoms with Gasteiger partial charge in [-0.1, -0.05) is 0 Å². The van der Waals surface area contributed by atoms with Gasteiger partial charge in [0.15, 0.2) is 6.61 Å².